The Balaban J connectivity index is 1.85. The Morgan fingerprint density at radius 1 is 1.22 bits per heavy atom. The predicted octanol–water partition coefficient (Wildman–Crippen LogP) is 3.86. The number of aryl methyl sites for hydroxylation is 1. The first-order valence-corrected chi connectivity index (χ1v) is 7.73. The highest BCUT2D eigenvalue weighted by Crippen LogP contribution is 2.31. The van der Waals surface area contributed by atoms with E-state index in [1.54, 1.807) is 0 Å². The first-order valence-electron chi connectivity index (χ1n) is 6.74. The average molecular weight is 260 g/mol. The molecule has 18 heavy (non-hydrogen) atoms. The number of amidine groups is 1. The van der Waals surface area contributed by atoms with Crippen molar-refractivity contribution >= 4 is 22.6 Å². The van der Waals surface area contributed by atoms with Crippen LogP contribution in [0.2, 0.25) is 0 Å². The van der Waals surface area contributed by atoms with Crippen LogP contribution in [0.15, 0.2) is 23.2 Å². The van der Waals surface area contributed by atoms with Crippen LogP contribution in [0.4, 0.5) is 5.69 Å². The number of fused-ring (bicyclic) bond motifs is 1. The van der Waals surface area contributed by atoms with Gasteiger partial charge in [0.05, 0.1) is 5.54 Å². The van der Waals surface area contributed by atoms with Gasteiger partial charge in [-0.05, 0) is 56.7 Å². The largest absolute Gasteiger partial charge is 0.335 e. The second-order valence-electron chi connectivity index (χ2n) is 5.79. The first-order chi connectivity index (χ1) is 8.64. The normalized spacial score (nSPS) is 21.3. The van der Waals surface area contributed by atoms with E-state index in [4.69, 9.17) is 4.99 Å². The summed E-state index contributed by atoms with van der Waals surface area (Å²) in [5.41, 5.74) is 4.39. The van der Waals surface area contributed by atoms with Gasteiger partial charge in [0.15, 0.2) is 5.17 Å². The molecule has 1 aliphatic heterocycles. The van der Waals surface area contributed by atoms with Crippen LogP contribution in [-0.4, -0.2) is 16.5 Å². The van der Waals surface area contributed by atoms with Crippen LogP contribution in [0.1, 0.15) is 37.8 Å². The fourth-order valence-electron chi connectivity index (χ4n) is 2.66. The fraction of sp³-hybridized carbons (Fsp3) is 0.533. The average Bonchev–Trinajstić information content (AvgIpc) is 2.69. The van der Waals surface area contributed by atoms with Crippen molar-refractivity contribution in [1.82, 2.24) is 0 Å². The lowest BCUT2D eigenvalue weighted by molar-refractivity contribution is 0.605. The van der Waals surface area contributed by atoms with Crippen molar-refractivity contribution in [2.75, 3.05) is 11.1 Å². The second-order valence-corrected chi connectivity index (χ2v) is 6.76. The highest BCUT2D eigenvalue weighted by molar-refractivity contribution is 8.14. The molecule has 1 aliphatic carbocycles. The number of nitrogens with one attached hydrogen (secondary N) is 1. The smallest absolute Gasteiger partial charge is 0.161 e. The third-order valence-electron chi connectivity index (χ3n) is 3.60. The van der Waals surface area contributed by atoms with Gasteiger partial charge in [0, 0.05) is 11.4 Å². The topological polar surface area (TPSA) is 24.4 Å². The summed E-state index contributed by atoms with van der Waals surface area (Å²) >= 11 is 1.83. The van der Waals surface area contributed by atoms with Crippen molar-refractivity contribution in [2.45, 2.75) is 45.1 Å². The molecule has 0 spiro atoms. The standard InChI is InChI=1S/C15H20N2S/c1-15(2)10-18-14(17-15)16-13-9-5-7-11-6-3-4-8-12(11)13/h5,7,9H,3-4,6,8,10H2,1-2H3,(H,16,17). The minimum atomic E-state index is 0.0852. The maximum Gasteiger partial charge on any atom is 0.161 e. The van der Waals surface area contributed by atoms with Crippen molar-refractivity contribution in [3.63, 3.8) is 0 Å². The molecule has 1 heterocycles. The van der Waals surface area contributed by atoms with Crippen molar-refractivity contribution in [3.8, 4) is 0 Å². The number of benzene rings is 1. The molecular formula is C15H20N2S. The van der Waals surface area contributed by atoms with Crippen LogP contribution < -0.4 is 5.32 Å². The van der Waals surface area contributed by atoms with Gasteiger partial charge in [-0.2, -0.15) is 0 Å². The number of nitrogens with zero attached hydrogens (tertiary/aromatic N) is 1. The summed E-state index contributed by atoms with van der Waals surface area (Å²) < 4.78 is 0. The van der Waals surface area contributed by atoms with E-state index in [9.17, 15) is 0 Å². The highest BCUT2D eigenvalue weighted by Gasteiger charge is 2.26. The van der Waals surface area contributed by atoms with E-state index in [0.29, 0.717) is 0 Å². The monoisotopic (exact) mass is 260 g/mol. The van der Waals surface area contributed by atoms with E-state index >= 15 is 0 Å². The van der Waals surface area contributed by atoms with Crippen LogP contribution in [0, 0.1) is 0 Å². The van der Waals surface area contributed by atoms with Gasteiger partial charge in [-0.25, -0.2) is 0 Å². The Labute approximate surface area is 113 Å². The van der Waals surface area contributed by atoms with E-state index in [1.165, 1.54) is 42.5 Å². The zero-order valence-electron chi connectivity index (χ0n) is 11.1. The summed E-state index contributed by atoms with van der Waals surface area (Å²) in [6.45, 7) is 4.38. The third kappa shape index (κ3) is 2.41. The van der Waals surface area contributed by atoms with Crippen molar-refractivity contribution in [2.24, 2.45) is 4.99 Å². The molecule has 0 atom stereocenters. The zero-order chi connectivity index (χ0) is 12.6. The summed E-state index contributed by atoms with van der Waals surface area (Å²) in [7, 11) is 0. The summed E-state index contributed by atoms with van der Waals surface area (Å²) in [4.78, 5) is 4.73. The molecule has 3 heteroatoms. The lowest BCUT2D eigenvalue weighted by Crippen LogP contribution is -2.15. The molecule has 1 aromatic carbocycles. The Kier molecular flexibility index (Phi) is 3.10. The summed E-state index contributed by atoms with van der Waals surface area (Å²) in [5.74, 6) is 1.07. The zero-order valence-corrected chi connectivity index (χ0v) is 11.9. The van der Waals surface area contributed by atoms with Crippen LogP contribution >= 0.6 is 11.8 Å². The molecule has 0 saturated heterocycles. The molecule has 0 bridgehead atoms. The van der Waals surface area contributed by atoms with Crippen molar-refractivity contribution in [3.05, 3.63) is 29.3 Å². The van der Waals surface area contributed by atoms with Gasteiger partial charge < -0.3 is 5.32 Å². The second kappa shape index (κ2) is 4.61. The van der Waals surface area contributed by atoms with Gasteiger partial charge in [0.2, 0.25) is 0 Å². The molecule has 96 valence electrons. The maximum absolute atomic E-state index is 4.73. The molecule has 1 aromatic rings. The molecule has 0 fully saturated rings. The minimum Gasteiger partial charge on any atom is -0.335 e. The Morgan fingerprint density at radius 2 is 2.06 bits per heavy atom. The van der Waals surface area contributed by atoms with E-state index < -0.39 is 0 Å². The van der Waals surface area contributed by atoms with Crippen LogP contribution in [0.5, 0.6) is 0 Å². The Bertz CT molecular complexity index is 491. The number of hydrogen-bond donors (Lipinski definition) is 1. The van der Waals surface area contributed by atoms with Crippen LogP contribution in [0.3, 0.4) is 0 Å². The lowest BCUT2D eigenvalue weighted by atomic mass is 9.90. The lowest BCUT2D eigenvalue weighted by Gasteiger charge is -2.19. The Morgan fingerprint density at radius 3 is 2.83 bits per heavy atom. The molecule has 1 N–H and O–H groups in total. The van der Waals surface area contributed by atoms with Gasteiger partial charge in [0.1, 0.15) is 0 Å². The minimum absolute atomic E-state index is 0.0852. The molecule has 0 saturated carbocycles. The SMILES string of the molecule is CC1(C)CSC(Nc2cccc3c2CCCC3)=N1. The third-order valence-corrected chi connectivity index (χ3v) is 4.92. The highest BCUT2D eigenvalue weighted by atomic mass is 32.2. The summed E-state index contributed by atoms with van der Waals surface area (Å²) in [6.07, 6.45) is 5.09. The molecule has 0 radical (unpaired) electrons. The fourth-order valence-corrected chi connectivity index (χ4v) is 3.71. The van der Waals surface area contributed by atoms with Gasteiger partial charge in [-0.1, -0.05) is 23.9 Å². The number of anilines is 1. The van der Waals surface area contributed by atoms with E-state index in [1.807, 2.05) is 11.8 Å². The van der Waals surface area contributed by atoms with Crippen LogP contribution in [-0.2, 0) is 12.8 Å². The molecule has 0 unspecified atom stereocenters. The van der Waals surface area contributed by atoms with E-state index in [-0.39, 0.29) is 5.54 Å². The predicted molar refractivity (Wildman–Crippen MR) is 80.7 cm³/mol. The molecule has 2 aliphatic rings. The van der Waals surface area contributed by atoms with Gasteiger partial charge >= 0.3 is 0 Å². The van der Waals surface area contributed by atoms with E-state index in [0.717, 1.165) is 10.9 Å². The van der Waals surface area contributed by atoms with Gasteiger partial charge in [-0.15, -0.1) is 0 Å². The number of thioether (sulfide) groups is 1. The first kappa shape index (κ1) is 12.1. The van der Waals surface area contributed by atoms with Crippen LogP contribution in [0.25, 0.3) is 0 Å². The number of hydrogen-bond acceptors (Lipinski definition) is 3. The molecule has 0 aromatic heterocycles. The van der Waals surface area contributed by atoms with Gasteiger partial charge in [0.25, 0.3) is 0 Å². The molecule has 2 nitrogen and oxygen atoms in total. The molecule has 0 amide bonds. The summed E-state index contributed by atoms with van der Waals surface area (Å²) in [6, 6.07) is 6.63. The van der Waals surface area contributed by atoms with Crippen molar-refractivity contribution < 1.29 is 0 Å². The Hall–Kier alpha value is -0.960. The molecular weight excluding hydrogens is 240 g/mol. The maximum atomic E-state index is 4.73. The summed E-state index contributed by atoms with van der Waals surface area (Å²) in [5, 5.41) is 4.62. The number of aliphatic imine (C=N–C) groups is 1. The quantitative estimate of drug-likeness (QED) is 0.829. The van der Waals surface area contributed by atoms with Gasteiger partial charge in [-0.3, -0.25) is 4.99 Å². The van der Waals surface area contributed by atoms with E-state index in [2.05, 4.69) is 37.4 Å². The van der Waals surface area contributed by atoms with Crippen molar-refractivity contribution in [1.29, 1.82) is 0 Å². The number of rotatable bonds is 1. The molecule has 3 rings (SSSR count).